The molecule has 0 radical (unpaired) electrons. The van der Waals surface area contributed by atoms with E-state index in [0.29, 0.717) is 11.9 Å². The largest absolute Gasteiger partial charge is 0.337 e. The maximum Gasteiger partial charge on any atom is 0.222 e. The van der Waals surface area contributed by atoms with Crippen LogP contribution in [0, 0.1) is 0 Å². The van der Waals surface area contributed by atoms with Crippen molar-refractivity contribution in [3.63, 3.8) is 0 Å². The van der Waals surface area contributed by atoms with Gasteiger partial charge in [0, 0.05) is 45.2 Å². The number of amides is 1. The Balaban J connectivity index is 1.77. The number of nitrogens with zero attached hydrogens (tertiary/aromatic N) is 2. The smallest absolute Gasteiger partial charge is 0.222 e. The normalized spacial score (nSPS) is 25.1. The Morgan fingerprint density at radius 3 is 3.12 bits per heavy atom. The molecule has 0 aliphatic carbocycles. The predicted octanol–water partition coefficient (Wildman–Crippen LogP) is 0.459. The Bertz CT molecular complexity index is 303. The van der Waals surface area contributed by atoms with Crippen molar-refractivity contribution in [2.24, 2.45) is 0 Å². The van der Waals surface area contributed by atoms with E-state index in [2.05, 4.69) is 28.6 Å². The third-order valence-corrected chi connectivity index (χ3v) is 3.65. The molecule has 1 atom stereocenters. The van der Waals surface area contributed by atoms with Crippen LogP contribution in [0.15, 0.2) is 12.2 Å². The molecule has 0 aromatic rings. The van der Waals surface area contributed by atoms with Crippen LogP contribution in [-0.4, -0.2) is 61.0 Å². The second kappa shape index (κ2) is 5.65. The molecule has 17 heavy (non-hydrogen) atoms. The molecular formula is C13H23N3O. The van der Waals surface area contributed by atoms with E-state index in [4.69, 9.17) is 0 Å². The molecule has 1 N–H and O–H groups in total. The van der Waals surface area contributed by atoms with Gasteiger partial charge in [-0.1, -0.05) is 13.5 Å². The van der Waals surface area contributed by atoms with Gasteiger partial charge >= 0.3 is 0 Å². The van der Waals surface area contributed by atoms with Crippen molar-refractivity contribution in [1.29, 1.82) is 0 Å². The number of carbonyl (C=O) groups excluding carboxylic acids is 1. The first-order valence-corrected chi connectivity index (χ1v) is 6.60. The molecule has 1 amide bonds. The van der Waals surface area contributed by atoms with Crippen LogP contribution in [0.4, 0.5) is 0 Å². The Hall–Kier alpha value is -0.870. The van der Waals surface area contributed by atoms with Crippen molar-refractivity contribution >= 4 is 5.91 Å². The lowest BCUT2D eigenvalue weighted by molar-refractivity contribution is -0.130. The van der Waals surface area contributed by atoms with E-state index in [1.165, 1.54) is 5.57 Å². The molecule has 0 saturated carbocycles. The monoisotopic (exact) mass is 237 g/mol. The van der Waals surface area contributed by atoms with E-state index in [0.717, 1.165) is 52.1 Å². The van der Waals surface area contributed by atoms with Gasteiger partial charge in [-0.2, -0.15) is 0 Å². The molecule has 2 aliphatic rings. The fraction of sp³-hybridized carbons (Fsp3) is 0.769. The van der Waals surface area contributed by atoms with Crippen molar-refractivity contribution in [1.82, 2.24) is 15.1 Å². The minimum absolute atomic E-state index is 0.348. The van der Waals surface area contributed by atoms with Gasteiger partial charge in [0.1, 0.15) is 0 Å². The zero-order valence-electron chi connectivity index (χ0n) is 10.7. The van der Waals surface area contributed by atoms with Crippen molar-refractivity contribution in [2.75, 3.05) is 39.3 Å². The molecule has 0 bridgehead atoms. The molecule has 2 heterocycles. The maximum atomic E-state index is 11.6. The Kier molecular flexibility index (Phi) is 4.18. The summed E-state index contributed by atoms with van der Waals surface area (Å²) < 4.78 is 0. The first kappa shape index (κ1) is 12.6. The van der Waals surface area contributed by atoms with Crippen LogP contribution in [0.25, 0.3) is 0 Å². The van der Waals surface area contributed by atoms with Crippen LogP contribution in [0.5, 0.6) is 0 Å². The highest BCUT2D eigenvalue weighted by atomic mass is 16.2. The molecule has 0 aromatic heterocycles. The summed E-state index contributed by atoms with van der Waals surface area (Å²) in [7, 11) is 0. The third-order valence-electron chi connectivity index (χ3n) is 3.65. The molecule has 2 rings (SSSR count). The fourth-order valence-electron chi connectivity index (χ4n) is 2.75. The van der Waals surface area contributed by atoms with Crippen molar-refractivity contribution in [2.45, 2.75) is 25.8 Å². The van der Waals surface area contributed by atoms with Gasteiger partial charge in [-0.25, -0.2) is 0 Å². The second-order valence-electron chi connectivity index (χ2n) is 5.05. The van der Waals surface area contributed by atoms with Crippen LogP contribution in [-0.2, 0) is 4.79 Å². The molecule has 0 aromatic carbocycles. The topological polar surface area (TPSA) is 35.6 Å². The summed E-state index contributed by atoms with van der Waals surface area (Å²) in [5.74, 6) is 0.348. The number of fused-ring (bicyclic) bond motifs is 1. The number of likely N-dealkylation sites (N-methyl/N-ethyl adjacent to an activating group) is 1. The summed E-state index contributed by atoms with van der Waals surface area (Å²) in [6, 6.07) is 0.461. The molecule has 1 unspecified atom stereocenters. The molecular weight excluding hydrogens is 214 g/mol. The molecule has 2 saturated heterocycles. The van der Waals surface area contributed by atoms with E-state index in [1.807, 2.05) is 0 Å². The predicted molar refractivity (Wildman–Crippen MR) is 68.9 cm³/mol. The molecule has 0 spiro atoms. The summed E-state index contributed by atoms with van der Waals surface area (Å²) in [6.07, 6.45) is 1.78. The molecule has 4 nitrogen and oxygen atoms in total. The SMILES string of the molecule is C=C(CNCC)CN1CCN2C(=O)CCC2C1. The van der Waals surface area contributed by atoms with Crippen LogP contribution in [0.2, 0.25) is 0 Å². The molecule has 4 heteroatoms. The van der Waals surface area contributed by atoms with Crippen LogP contribution in [0.3, 0.4) is 0 Å². The van der Waals surface area contributed by atoms with Crippen LogP contribution < -0.4 is 5.32 Å². The quantitative estimate of drug-likeness (QED) is 0.706. The van der Waals surface area contributed by atoms with E-state index < -0.39 is 0 Å². The highest BCUT2D eigenvalue weighted by Gasteiger charge is 2.35. The second-order valence-corrected chi connectivity index (χ2v) is 5.05. The summed E-state index contributed by atoms with van der Waals surface area (Å²) >= 11 is 0. The van der Waals surface area contributed by atoms with Crippen molar-refractivity contribution in [3.05, 3.63) is 12.2 Å². The highest BCUT2D eigenvalue weighted by molar-refractivity contribution is 5.78. The van der Waals surface area contributed by atoms with Crippen molar-refractivity contribution < 1.29 is 4.79 Å². The first-order valence-electron chi connectivity index (χ1n) is 6.60. The molecule has 96 valence electrons. The first-order chi connectivity index (χ1) is 8.20. The van der Waals surface area contributed by atoms with E-state index in [1.54, 1.807) is 0 Å². The average molecular weight is 237 g/mol. The van der Waals surface area contributed by atoms with Gasteiger partial charge < -0.3 is 10.2 Å². The van der Waals surface area contributed by atoms with E-state index in [9.17, 15) is 4.79 Å². The number of hydrogen-bond acceptors (Lipinski definition) is 3. The lowest BCUT2D eigenvalue weighted by Crippen LogP contribution is -2.51. The Morgan fingerprint density at radius 2 is 2.35 bits per heavy atom. The fourth-order valence-corrected chi connectivity index (χ4v) is 2.75. The molecule has 2 fully saturated rings. The zero-order valence-corrected chi connectivity index (χ0v) is 10.7. The minimum Gasteiger partial charge on any atom is -0.337 e. The lowest BCUT2D eigenvalue weighted by Gasteiger charge is -2.37. The Morgan fingerprint density at radius 1 is 1.53 bits per heavy atom. The highest BCUT2D eigenvalue weighted by Crippen LogP contribution is 2.22. The summed E-state index contributed by atoms with van der Waals surface area (Å²) in [5.41, 5.74) is 1.24. The van der Waals surface area contributed by atoms with Gasteiger partial charge in [0.05, 0.1) is 0 Å². The van der Waals surface area contributed by atoms with E-state index in [-0.39, 0.29) is 0 Å². The van der Waals surface area contributed by atoms with Crippen molar-refractivity contribution in [3.8, 4) is 0 Å². The molecule has 2 aliphatic heterocycles. The van der Waals surface area contributed by atoms with Gasteiger partial charge in [0.2, 0.25) is 5.91 Å². The number of hydrogen-bond donors (Lipinski definition) is 1. The average Bonchev–Trinajstić information content (AvgIpc) is 2.68. The minimum atomic E-state index is 0.348. The summed E-state index contributed by atoms with van der Waals surface area (Å²) in [6.45, 7) is 12.0. The number of nitrogens with one attached hydrogen (secondary N) is 1. The van der Waals surface area contributed by atoms with Crippen LogP contribution in [0.1, 0.15) is 19.8 Å². The van der Waals surface area contributed by atoms with E-state index >= 15 is 0 Å². The van der Waals surface area contributed by atoms with Crippen LogP contribution >= 0.6 is 0 Å². The summed E-state index contributed by atoms with van der Waals surface area (Å²) in [5, 5.41) is 3.30. The Labute approximate surface area is 104 Å². The van der Waals surface area contributed by atoms with Gasteiger partial charge in [-0.05, 0) is 18.5 Å². The zero-order chi connectivity index (χ0) is 12.3. The van der Waals surface area contributed by atoms with Gasteiger partial charge in [0.15, 0.2) is 0 Å². The standard InChI is InChI=1S/C13H23N3O/c1-3-14-8-11(2)9-15-6-7-16-12(10-15)4-5-13(16)17/h12,14H,2-10H2,1H3. The number of carbonyl (C=O) groups is 1. The van der Waals surface area contributed by atoms with Gasteiger partial charge in [-0.15, -0.1) is 0 Å². The number of rotatable bonds is 5. The third kappa shape index (κ3) is 3.07. The van der Waals surface area contributed by atoms with Gasteiger partial charge in [-0.3, -0.25) is 9.69 Å². The lowest BCUT2D eigenvalue weighted by atomic mass is 10.1. The number of piperazine rings is 1. The maximum absolute atomic E-state index is 11.6. The van der Waals surface area contributed by atoms with Gasteiger partial charge in [0.25, 0.3) is 0 Å². The summed E-state index contributed by atoms with van der Waals surface area (Å²) in [4.78, 5) is 16.0.